The number of fused-ring (bicyclic) bond motifs is 6. The molecule has 10 heteroatoms. The number of aliphatic hydroxyl groups excluding tert-OH is 1. The molecule has 0 bridgehead atoms. The van der Waals surface area contributed by atoms with Gasteiger partial charge in [-0.05, 0) is 85.5 Å². The second kappa shape index (κ2) is 11.0. The standard InChI is InChI=1S/C34H41N3O6S/c1-4-29(41)43-34(31(42)44)13-12-24-23-9-8-21-15-25-20(16-32(21,2)30(23)27(39)17-33(24,34)3)18-36-37(25)22-7-5-6-19(14-22)26(38)10-11-28(35)40/h5-7,14-15,18,23-24,27,30,39H,4,8-13,16-17H2,1-3H3,(H2,35,40)(H,42,44)/t23-,24-,27-,30+,32-,33-,34-/m0/s1. The van der Waals surface area contributed by atoms with Crippen molar-refractivity contribution in [3.63, 3.8) is 0 Å². The Bertz CT molecular complexity index is 1580. The Labute approximate surface area is 263 Å². The summed E-state index contributed by atoms with van der Waals surface area (Å²) >= 11 is 4.25. The highest BCUT2D eigenvalue weighted by Gasteiger charge is 2.70. The van der Waals surface area contributed by atoms with E-state index in [1.807, 2.05) is 29.9 Å². The van der Waals surface area contributed by atoms with Gasteiger partial charge in [0.05, 0.1) is 23.7 Å². The molecule has 2 aromatic rings. The Balaban J connectivity index is 1.31. The van der Waals surface area contributed by atoms with Gasteiger partial charge >= 0.3 is 5.97 Å². The highest BCUT2D eigenvalue weighted by molar-refractivity contribution is 7.96. The number of esters is 1. The number of carbonyl (C=O) groups is 4. The normalized spacial score (nSPS) is 33.7. The third-order valence-electron chi connectivity index (χ3n) is 11.5. The Hall–Kier alpha value is -3.24. The van der Waals surface area contributed by atoms with Crippen molar-refractivity contribution in [3.8, 4) is 5.69 Å². The molecule has 7 atom stereocenters. The summed E-state index contributed by atoms with van der Waals surface area (Å²) in [5.74, 6) is -0.793. The van der Waals surface area contributed by atoms with Gasteiger partial charge in [0.15, 0.2) is 11.4 Å². The van der Waals surface area contributed by atoms with E-state index in [0.717, 1.165) is 36.2 Å². The van der Waals surface area contributed by atoms with Gasteiger partial charge in [0.25, 0.3) is 0 Å². The first-order valence-electron chi connectivity index (χ1n) is 15.7. The molecule has 0 unspecified atom stereocenters. The molecule has 3 N–H and O–H groups in total. The van der Waals surface area contributed by atoms with Crippen molar-refractivity contribution in [3.05, 3.63) is 52.9 Å². The molecule has 44 heavy (non-hydrogen) atoms. The van der Waals surface area contributed by atoms with Crippen molar-refractivity contribution in [1.82, 2.24) is 9.78 Å². The maximum absolute atomic E-state index is 13.1. The van der Waals surface area contributed by atoms with Crippen LogP contribution in [0.1, 0.15) is 93.8 Å². The Kier molecular flexibility index (Phi) is 7.68. The molecule has 6 rings (SSSR count). The number of ether oxygens (including phenoxy) is 1. The van der Waals surface area contributed by atoms with Crippen molar-refractivity contribution in [1.29, 1.82) is 0 Å². The topological polar surface area (TPSA) is 142 Å². The minimum Gasteiger partial charge on any atom is -0.449 e. The lowest BCUT2D eigenvalue weighted by molar-refractivity contribution is -0.196. The SMILES string of the molecule is CCC(=O)O[C@]1(C(=O)S)CC[C@H]2[C@@H]3CCC4=Cc5c(cnn5-c5cccc(C(=O)CCC(N)=O)c5)C[C@]4(C)[C@H]3[C@@H](O)C[C@@]21C. The van der Waals surface area contributed by atoms with E-state index in [0.29, 0.717) is 24.8 Å². The van der Waals surface area contributed by atoms with Crippen LogP contribution in [0.25, 0.3) is 11.8 Å². The van der Waals surface area contributed by atoms with Crippen LogP contribution in [0.4, 0.5) is 0 Å². The lowest BCUT2D eigenvalue weighted by Gasteiger charge is -2.60. The fraction of sp³-hybridized carbons (Fsp3) is 0.559. The third kappa shape index (κ3) is 4.59. The van der Waals surface area contributed by atoms with E-state index in [2.05, 4.69) is 25.6 Å². The van der Waals surface area contributed by atoms with Crippen molar-refractivity contribution >= 4 is 41.5 Å². The van der Waals surface area contributed by atoms with Crippen LogP contribution in [0.3, 0.4) is 0 Å². The maximum atomic E-state index is 13.1. The Morgan fingerprint density at radius 1 is 1.18 bits per heavy atom. The number of amides is 1. The molecule has 0 aliphatic heterocycles. The lowest BCUT2D eigenvalue weighted by atomic mass is 9.45. The predicted molar refractivity (Wildman–Crippen MR) is 167 cm³/mol. The molecule has 3 fully saturated rings. The number of hydrogen-bond donors (Lipinski definition) is 3. The molecule has 0 spiro atoms. The summed E-state index contributed by atoms with van der Waals surface area (Å²) in [6.07, 6.45) is 7.64. The first-order valence-corrected chi connectivity index (χ1v) is 16.1. The molecule has 4 aliphatic carbocycles. The Morgan fingerprint density at radius 2 is 1.95 bits per heavy atom. The summed E-state index contributed by atoms with van der Waals surface area (Å²) in [4.78, 5) is 49.4. The van der Waals surface area contributed by atoms with Crippen molar-refractivity contribution in [2.45, 2.75) is 90.3 Å². The molecule has 234 valence electrons. The molecule has 4 aliphatic rings. The molecule has 0 radical (unpaired) electrons. The van der Waals surface area contributed by atoms with Gasteiger partial charge in [0.1, 0.15) is 0 Å². The van der Waals surface area contributed by atoms with Crippen LogP contribution in [0.15, 0.2) is 36.0 Å². The zero-order valence-corrected chi connectivity index (χ0v) is 26.4. The molecule has 1 aromatic heterocycles. The van der Waals surface area contributed by atoms with Gasteiger partial charge in [0.2, 0.25) is 11.0 Å². The van der Waals surface area contributed by atoms with Crippen molar-refractivity contribution in [2.24, 2.45) is 34.3 Å². The van der Waals surface area contributed by atoms with Crippen LogP contribution < -0.4 is 5.73 Å². The smallest absolute Gasteiger partial charge is 0.306 e. The number of hydrogen-bond acceptors (Lipinski definition) is 7. The monoisotopic (exact) mass is 619 g/mol. The fourth-order valence-corrected chi connectivity index (χ4v) is 9.81. The number of thiol groups is 1. The maximum Gasteiger partial charge on any atom is 0.306 e. The van der Waals surface area contributed by atoms with Crippen LogP contribution in [0.2, 0.25) is 0 Å². The second-order valence-electron chi connectivity index (χ2n) is 13.7. The molecule has 0 saturated heterocycles. The number of nitrogens with zero attached hydrogens (tertiary/aromatic N) is 2. The van der Waals surface area contributed by atoms with Crippen LogP contribution in [-0.4, -0.2) is 49.4 Å². The molecule has 9 nitrogen and oxygen atoms in total. The lowest BCUT2D eigenvalue weighted by Crippen LogP contribution is -2.62. The van der Waals surface area contributed by atoms with Gasteiger partial charge in [-0.15, -0.1) is 12.6 Å². The summed E-state index contributed by atoms with van der Waals surface area (Å²) in [5.41, 5.74) is 7.50. The van der Waals surface area contributed by atoms with E-state index in [9.17, 15) is 24.3 Å². The summed E-state index contributed by atoms with van der Waals surface area (Å²) in [6.45, 7) is 5.99. The van der Waals surface area contributed by atoms with Gasteiger partial charge in [0, 0.05) is 30.2 Å². The van der Waals surface area contributed by atoms with Crippen LogP contribution in [0, 0.1) is 28.6 Å². The van der Waals surface area contributed by atoms with E-state index in [4.69, 9.17) is 15.6 Å². The van der Waals surface area contributed by atoms with Crippen molar-refractivity contribution in [2.75, 3.05) is 0 Å². The number of aliphatic hydroxyl groups is 1. The largest absolute Gasteiger partial charge is 0.449 e. The van der Waals surface area contributed by atoms with Gasteiger partial charge in [-0.2, -0.15) is 5.10 Å². The van der Waals surface area contributed by atoms with Crippen LogP contribution >= 0.6 is 12.6 Å². The number of rotatable bonds is 8. The van der Waals surface area contributed by atoms with Gasteiger partial charge < -0.3 is 15.6 Å². The Morgan fingerprint density at radius 3 is 2.66 bits per heavy atom. The minimum absolute atomic E-state index is 0.00868. The van der Waals surface area contributed by atoms with E-state index in [-0.39, 0.29) is 48.2 Å². The fourth-order valence-electron chi connectivity index (χ4n) is 9.40. The molecule has 1 amide bonds. The summed E-state index contributed by atoms with van der Waals surface area (Å²) in [5, 5.41) is 16.2. The zero-order valence-electron chi connectivity index (χ0n) is 25.5. The number of Topliss-reactive ketones (excluding diaryl/α,β-unsaturated/α-hetero) is 1. The summed E-state index contributed by atoms with van der Waals surface area (Å²) < 4.78 is 7.80. The second-order valence-corrected chi connectivity index (χ2v) is 14.1. The number of ketones is 1. The summed E-state index contributed by atoms with van der Waals surface area (Å²) in [6, 6.07) is 7.26. The molecule has 1 heterocycles. The molecular formula is C34H41N3O6S. The third-order valence-corrected chi connectivity index (χ3v) is 11.8. The number of benzene rings is 1. The first kappa shape index (κ1) is 30.8. The number of primary amides is 1. The van der Waals surface area contributed by atoms with E-state index in [1.165, 1.54) is 5.57 Å². The van der Waals surface area contributed by atoms with E-state index in [1.54, 1.807) is 19.1 Å². The van der Waals surface area contributed by atoms with Gasteiger partial charge in [-0.25, -0.2) is 4.68 Å². The predicted octanol–water partition coefficient (Wildman–Crippen LogP) is 4.62. The average molecular weight is 620 g/mol. The molecular weight excluding hydrogens is 578 g/mol. The number of allylic oxidation sites excluding steroid dienone is 1. The quantitative estimate of drug-likeness (QED) is 0.222. The molecule has 1 aromatic carbocycles. The van der Waals surface area contributed by atoms with Crippen LogP contribution in [0.5, 0.6) is 0 Å². The first-order chi connectivity index (χ1) is 20.8. The van der Waals surface area contributed by atoms with Gasteiger partial charge in [-0.1, -0.05) is 38.5 Å². The van der Waals surface area contributed by atoms with Crippen molar-refractivity contribution < 1.29 is 29.0 Å². The highest BCUT2D eigenvalue weighted by Crippen LogP contribution is 2.68. The van der Waals surface area contributed by atoms with Gasteiger partial charge in [-0.3, -0.25) is 19.2 Å². The van der Waals surface area contributed by atoms with Crippen LogP contribution in [-0.2, 0) is 25.5 Å². The number of carbonyl (C=O) groups excluding carboxylic acids is 4. The average Bonchev–Trinajstić information content (AvgIpc) is 3.51. The summed E-state index contributed by atoms with van der Waals surface area (Å²) in [7, 11) is 0. The number of aromatic nitrogens is 2. The minimum atomic E-state index is -1.33. The molecule has 3 saturated carbocycles. The van der Waals surface area contributed by atoms with E-state index < -0.39 is 34.1 Å². The highest BCUT2D eigenvalue weighted by atomic mass is 32.1. The number of nitrogens with two attached hydrogens (primary N) is 1. The van der Waals surface area contributed by atoms with E-state index >= 15 is 0 Å². The zero-order chi connectivity index (χ0) is 31.6.